The Hall–Kier alpha value is -1.84. The van der Waals surface area contributed by atoms with Gasteiger partial charge in [0.25, 0.3) is 0 Å². The summed E-state index contributed by atoms with van der Waals surface area (Å²) in [5.74, 6) is -0.649. The van der Waals surface area contributed by atoms with Crippen LogP contribution in [0.4, 0.5) is 5.69 Å². The average Bonchev–Trinajstić information content (AvgIpc) is 2.03. The molecule has 0 aliphatic carbocycles. The van der Waals surface area contributed by atoms with Gasteiger partial charge in [-0.15, -0.1) is 0 Å². The number of benzene rings is 1. The third-order valence-electron chi connectivity index (χ3n) is 1.52. The van der Waals surface area contributed by atoms with Crippen molar-refractivity contribution in [2.75, 3.05) is 5.73 Å². The van der Waals surface area contributed by atoms with E-state index in [1.165, 1.54) is 12.1 Å². The molecular formula is C8H8N2O2. The molecule has 0 saturated carbocycles. The number of carbonyl (C=O) groups excluding carboxylic acids is 2. The summed E-state index contributed by atoms with van der Waals surface area (Å²) in [5, 5.41) is 0. The van der Waals surface area contributed by atoms with Gasteiger partial charge in [-0.2, -0.15) is 0 Å². The Morgan fingerprint density at radius 1 is 1.42 bits per heavy atom. The zero-order valence-corrected chi connectivity index (χ0v) is 6.28. The second-order valence-corrected chi connectivity index (χ2v) is 2.29. The molecule has 4 N–H and O–H groups in total. The zero-order valence-electron chi connectivity index (χ0n) is 6.28. The second-order valence-electron chi connectivity index (χ2n) is 2.29. The quantitative estimate of drug-likeness (QED) is 0.483. The molecule has 0 bridgehead atoms. The number of hydrogen-bond acceptors (Lipinski definition) is 3. The van der Waals surface area contributed by atoms with Crippen molar-refractivity contribution in [2.45, 2.75) is 0 Å². The first kappa shape index (κ1) is 8.26. The predicted molar refractivity (Wildman–Crippen MR) is 44.8 cm³/mol. The third-order valence-corrected chi connectivity index (χ3v) is 1.52. The first-order valence-corrected chi connectivity index (χ1v) is 3.30. The lowest BCUT2D eigenvalue weighted by atomic mass is 10.1. The Balaban J connectivity index is 3.37. The van der Waals surface area contributed by atoms with Gasteiger partial charge in [-0.05, 0) is 12.1 Å². The summed E-state index contributed by atoms with van der Waals surface area (Å²) in [4.78, 5) is 21.2. The standard InChI is InChI=1S/C8H8N2O2/c9-7-3-1-2-5(8(10)12)6(7)4-11/h1-4H,9H2,(H2,10,12). The minimum atomic E-state index is -0.649. The molecule has 4 nitrogen and oxygen atoms in total. The second kappa shape index (κ2) is 3.04. The first-order valence-electron chi connectivity index (χ1n) is 3.30. The van der Waals surface area contributed by atoms with Crippen LogP contribution in [0.1, 0.15) is 20.7 Å². The third kappa shape index (κ3) is 1.27. The van der Waals surface area contributed by atoms with Crippen LogP contribution in [0.5, 0.6) is 0 Å². The van der Waals surface area contributed by atoms with Crippen molar-refractivity contribution in [3.63, 3.8) is 0 Å². The van der Waals surface area contributed by atoms with Crippen molar-refractivity contribution in [3.05, 3.63) is 29.3 Å². The number of primary amides is 1. The lowest BCUT2D eigenvalue weighted by Gasteiger charge is -2.01. The van der Waals surface area contributed by atoms with Crippen molar-refractivity contribution >= 4 is 17.9 Å². The molecule has 62 valence electrons. The number of nitrogens with two attached hydrogens (primary N) is 2. The highest BCUT2D eigenvalue weighted by atomic mass is 16.1. The Morgan fingerprint density at radius 3 is 2.50 bits per heavy atom. The van der Waals surface area contributed by atoms with Crippen LogP contribution in [0.3, 0.4) is 0 Å². The molecule has 0 aliphatic rings. The number of rotatable bonds is 2. The molecule has 0 heterocycles. The number of nitrogen functional groups attached to an aromatic ring is 1. The number of aldehydes is 1. The van der Waals surface area contributed by atoms with E-state index in [9.17, 15) is 9.59 Å². The van der Waals surface area contributed by atoms with Gasteiger partial charge in [-0.1, -0.05) is 6.07 Å². The van der Waals surface area contributed by atoms with Gasteiger partial charge >= 0.3 is 0 Å². The highest BCUT2D eigenvalue weighted by Crippen LogP contribution is 2.13. The smallest absolute Gasteiger partial charge is 0.249 e. The van der Waals surface area contributed by atoms with Crippen molar-refractivity contribution < 1.29 is 9.59 Å². The van der Waals surface area contributed by atoms with Gasteiger partial charge in [0.2, 0.25) is 5.91 Å². The maximum absolute atomic E-state index is 10.7. The number of hydrogen-bond donors (Lipinski definition) is 2. The minimum Gasteiger partial charge on any atom is -0.398 e. The number of amides is 1. The van der Waals surface area contributed by atoms with E-state index >= 15 is 0 Å². The van der Waals surface area contributed by atoms with E-state index in [1.54, 1.807) is 6.07 Å². The average molecular weight is 164 g/mol. The summed E-state index contributed by atoms with van der Waals surface area (Å²) in [6.07, 6.45) is 0.523. The molecule has 0 spiro atoms. The molecule has 12 heavy (non-hydrogen) atoms. The van der Waals surface area contributed by atoms with Crippen LogP contribution in [0, 0.1) is 0 Å². The highest BCUT2D eigenvalue weighted by molar-refractivity contribution is 6.03. The fraction of sp³-hybridized carbons (Fsp3) is 0. The van der Waals surface area contributed by atoms with Gasteiger partial charge in [0, 0.05) is 11.3 Å². The Bertz CT molecular complexity index is 334. The summed E-state index contributed by atoms with van der Waals surface area (Å²) in [6, 6.07) is 4.57. The van der Waals surface area contributed by atoms with Crippen LogP contribution in [0.2, 0.25) is 0 Å². The molecule has 4 heteroatoms. The predicted octanol–water partition coefficient (Wildman–Crippen LogP) is 0.180. The van der Waals surface area contributed by atoms with E-state index in [1.807, 2.05) is 0 Å². The monoisotopic (exact) mass is 164 g/mol. The summed E-state index contributed by atoms with van der Waals surface area (Å²) in [6.45, 7) is 0. The molecule has 1 aromatic carbocycles. The first-order chi connectivity index (χ1) is 5.66. The molecule has 0 radical (unpaired) electrons. The fourth-order valence-electron chi connectivity index (χ4n) is 0.929. The van der Waals surface area contributed by atoms with Crippen LogP contribution in [-0.2, 0) is 0 Å². The molecule has 0 saturated heterocycles. The van der Waals surface area contributed by atoms with Crippen LogP contribution in [0.25, 0.3) is 0 Å². The Morgan fingerprint density at radius 2 is 2.08 bits per heavy atom. The van der Waals surface area contributed by atoms with Crippen molar-refractivity contribution in [3.8, 4) is 0 Å². The van der Waals surface area contributed by atoms with Crippen LogP contribution in [-0.4, -0.2) is 12.2 Å². The summed E-state index contributed by atoms with van der Waals surface area (Å²) >= 11 is 0. The molecule has 0 aliphatic heterocycles. The maximum Gasteiger partial charge on any atom is 0.249 e. The van der Waals surface area contributed by atoms with Crippen LogP contribution >= 0.6 is 0 Å². The summed E-state index contributed by atoms with van der Waals surface area (Å²) in [7, 11) is 0. The van der Waals surface area contributed by atoms with Crippen LogP contribution in [0.15, 0.2) is 18.2 Å². The van der Waals surface area contributed by atoms with E-state index < -0.39 is 5.91 Å². The van der Waals surface area contributed by atoms with Gasteiger partial charge in [0.05, 0.1) is 5.56 Å². The normalized spacial score (nSPS) is 9.33. The van der Waals surface area contributed by atoms with Gasteiger partial charge in [-0.25, -0.2) is 0 Å². The van der Waals surface area contributed by atoms with E-state index in [-0.39, 0.29) is 16.8 Å². The van der Waals surface area contributed by atoms with Gasteiger partial charge < -0.3 is 11.5 Å². The molecule has 1 amide bonds. The van der Waals surface area contributed by atoms with Crippen LogP contribution < -0.4 is 11.5 Å². The van der Waals surface area contributed by atoms with Crippen molar-refractivity contribution in [1.82, 2.24) is 0 Å². The lowest BCUT2D eigenvalue weighted by Crippen LogP contribution is -2.14. The number of anilines is 1. The molecule has 1 aromatic rings. The zero-order chi connectivity index (χ0) is 9.14. The molecule has 1 rings (SSSR count). The maximum atomic E-state index is 10.7. The molecule has 0 unspecified atom stereocenters. The van der Waals surface area contributed by atoms with E-state index in [2.05, 4.69) is 0 Å². The van der Waals surface area contributed by atoms with Crippen molar-refractivity contribution in [2.24, 2.45) is 5.73 Å². The lowest BCUT2D eigenvalue weighted by molar-refractivity contribution is 0.0993. The van der Waals surface area contributed by atoms with E-state index in [0.29, 0.717) is 6.29 Å². The minimum absolute atomic E-state index is 0.157. The Kier molecular flexibility index (Phi) is 2.09. The van der Waals surface area contributed by atoms with Gasteiger partial charge in [0.1, 0.15) is 0 Å². The largest absolute Gasteiger partial charge is 0.398 e. The Labute approximate surface area is 69.2 Å². The van der Waals surface area contributed by atoms with E-state index in [0.717, 1.165) is 0 Å². The van der Waals surface area contributed by atoms with Gasteiger partial charge in [-0.3, -0.25) is 9.59 Å². The fourth-order valence-corrected chi connectivity index (χ4v) is 0.929. The molecule has 0 aromatic heterocycles. The van der Waals surface area contributed by atoms with Crippen molar-refractivity contribution in [1.29, 1.82) is 0 Å². The van der Waals surface area contributed by atoms with E-state index in [4.69, 9.17) is 11.5 Å². The summed E-state index contributed by atoms with van der Waals surface area (Å²) < 4.78 is 0. The molecular weight excluding hydrogens is 156 g/mol. The SMILES string of the molecule is NC(=O)c1cccc(N)c1C=O. The van der Waals surface area contributed by atoms with Gasteiger partial charge in [0.15, 0.2) is 6.29 Å². The number of carbonyl (C=O) groups is 2. The topological polar surface area (TPSA) is 86.2 Å². The molecule has 0 atom stereocenters. The summed E-state index contributed by atoms with van der Waals surface area (Å²) in [5.41, 5.74) is 11.0. The molecule has 0 fully saturated rings. The highest BCUT2D eigenvalue weighted by Gasteiger charge is 2.08.